The summed E-state index contributed by atoms with van der Waals surface area (Å²) in [6.45, 7) is -1.33. The third-order valence-electron chi connectivity index (χ3n) is 5.80. The molecule has 200 valence electrons. The van der Waals surface area contributed by atoms with Gasteiger partial charge in [0, 0.05) is 23.7 Å². The van der Waals surface area contributed by atoms with E-state index in [4.69, 9.17) is 4.74 Å². The van der Waals surface area contributed by atoms with Crippen molar-refractivity contribution in [3.8, 4) is 17.0 Å². The first-order valence-electron chi connectivity index (χ1n) is 11.0. The Kier molecular flexibility index (Phi) is 5.91. The Bertz CT molecular complexity index is 1650. The van der Waals surface area contributed by atoms with Crippen LogP contribution in [0.5, 0.6) is 5.75 Å². The number of alkyl halides is 5. The minimum Gasteiger partial charge on any atom is -0.479 e. The summed E-state index contributed by atoms with van der Waals surface area (Å²) >= 11 is 0. The van der Waals surface area contributed by atoms with Crippen LogP contribution in [0.2, 0.25) is 0 Å². The molecule has 2 N–H and O–H groups in total. The minimum absolute atomic E-state index is 0.0167. The Morgan fingerprint density at radius 1 is 1.18 bits per heavy atom. The lowest BCUT2D eigenvalue weighted by Crippen LogP contribution is -2.36. The van der Waals surface area contributed by atoms with Crippen LogP contribution in [0.25, 0.3) is 22.2 Å². The lowest BCUT2D eigenvalue weighted by atomic mass is 10.2. The van der Waals surface area contributed by atoms with Gasteiger partial charge in [-0.2, -0.15) is 18.3 Å². The molecule has 0 saturated carbocycles. The third kappa shape index (κ3) is 4.92. The fraction of sp³-hybridized carbons (Fsp3) is 0.318. The number of halogens is 6. The average Bonchev–Trinajstić information content (AvgIpc) is 3.31. The molecule has 0 amide bonds. The van der Waals surface area contributed by atoms with Gasteiger partial charge in [-0.15, -0.1) is 0 Å². The number of fused-ring (bicyclic) bond motifs is 1. The van der Waals surface area contributed by atoms with Gasteiger partial charge in [-0.3, -0.25) is 14.5 Å². The smallest absolute Gasteiger partial charge is 0.408 e. The van der Waals surface area contributed by atoms with Gasteiger partial charge >= 0.3 is 17.8 Å². The average molecular weight is 541 g/mol. The van der Waals surface area contributed by atoms with Crippen molar-refractivity contribution in [2.24, 2.45) is 0 Å². The van der Waals surface area contributed by atoms with Crippen LogP contribution in [-0.2, 0) is 6.54 Å². The molecule has 0 spiro atoms. The molecule has 4 heterocycles. The fourth-order valence-electron chi connectivity index (χ4n) is 4.12. The number of nitrogens with zero attached hydrogens (tertiary/aromatic N) is 5. The topological polar surface area (TPSA) is 122 Å². The maximum atomic E-state index is 15.0. The predicted octanol–water partition coefficient (Wildman–Crippen LogP) is 2.78. The SMILES string of the molecule is Cc1nc(-c2c[nH]c(=O)[nH]c2=O)cc(N2C[C@H](Oc3cc4c(cnn4CC(F)(F)F)cc3F)C(F)(F)C2)n1. The summed E-state index contributed by atoms with van der Waals surface area (Å²) in [5.41, 5.74) is -1.59. The van der Waals surface area contributed by atoms with Gasteiger partial charge in [0.15, 0.2) is 17.7 Å². The number of benzene rings is 1. The lowest BCUT2D eigenvalue weighted by molar-refractivity contribution is -0.141. The highest BCUT2D eigenvalue weighted by Crippen LogP contribution is 2.36. The van der Waals surface area contributed by atoms with Gasteiger partial charge in [0.05, 0.1) is 36.1 Å². The van der Waals surface area contributed by atoms with Crippen LogP contribution in [0.15, 0.2) is 40.2 Å². The molecule has 1 aliphatic rings. The zero-order valence-corrected chi connectivity index (χ0v) is 19.3. The van der Waals surface area contributed by atoms with Crippen LogP contribution in [0.4, 0.5) is 32.2 Å². The van der Waals surface area contributed by atoms with Crippen molar-refractivity contribution in [2.45, 2.75) is 31.7 Å². The fourth-order valence-corrected chi connectivity index (χ4v) is 4.12. The number of rotatable bonds is 5. The molecule has 0 bridgehead atoms. The largest absolute Gasteiger partial charge is 0.479 e. The molecule has 1 fully saturated rings. The van der Waals surface area contributed by atoms with Crippen LogP contribution in [0, 0.1) is 12.7 Å². The number of aromatic amines is 2. The zero-order chi connectivity index (χ0) is 27.4. The van der Waals surface area contributed by atoms with Crippen LogP contribution in [0.3, 0.4) is 0 Å². The first-order chi connectivity index (χ1) is 17.8. The van der Waals surface area contributed by atoms with Crippen molar-refractivity contribution >= 4 is 16.7 Å². The van der Waals surface area contributed by atoms with Crippen molar-refractivity contribution < 1.29 is 31.1 Å². The zero-order valence-electron chi connectivity index (χ0n) is 19.3. The monoisotopic (exact) mass is 541 g/mol. The van der Waals surface area contributed by atoms with Crippen molar-refractivity contribution in [3.05, 3.63) is 63.1 Å². The van der Waals surface area contributed by atoms with Gasteiger partial charge in [0.25, 0.3) is 5.56 Å². The molecular weight excluding hydrogens is 524 g/mol. The van der Waals surface area contributed by atoms with E-state index >= 15 is 0 Å². The second-order valence-corrected chi connectivity index (χ2v) is 8.65. The summed E-state index contributed by atoms with van der Waals surface area (Å²) in [5.74, 6) is -5.06. The molecule has 1 aromatic carbocycles. The number of H-pyrrole nitrogens is 2. The van der Waals surface area contributed by atoms with Gasteiger partial charge in [-0.25, -0.2) is 27.9 Å². The molecule has 1 atom stereocenters. The van der Waals surface area contributed by atoms with Crippen molar-refractivity contribution in [1.29, 1.82) is 0 Å². The van der Waals surface area contributed by atoms with Crippen molar-refractivity contribution in [2.75, 3.05) is 18.0 Å². The maximum Gasteiger partial charge on any atom is 0.408 e. The standard InChI is InChI=1S/C22H17F6N7O3/c1-10-31-14(12-6-29-20(37)33-19(12)36)3-18(32-10)34-7-17(21(24,25)8-34)38-16-4-15-11(2-13(16)23)5-30-35(15)9-22(26,27)28/h2-6,17H,7-9H2,1H3,(H2,29,33,36,37)/t17-/m0/s1. The van der Waals surface area contributed by atoms with E-state index in [0.717, 1.165) is 29.4 Å². The van der Waals surface area contributed by atoms with Crippen LogP contribution in [0.1, 0.15) is 5.82 Å². The van der Waals surface area contributed by atoms with Gasteiger partial charge in [0.2, 0.25) is 0 Å². The van der Waals surface area contributed by atoms with Gasteiger partial charge in [0.1, 0.15) is 18.2 Å². The molecular formula is C22H17F6N7O3. The van der Waals surface area contributed by atoms with Crippen LogP contribution < -0.4 is 20.9 Å². The van der Waals surface area contributed by atoms with Gasteiger partial charge < -0.3 is 14.6 Å². The Morgan fingerprint density at radius 2 is 1.95 bits per heavy atom. The number of ether oxygens (including phenoxy) is 1. The molecule has 1 saturated heterocycles. The molecule has 10 nitrogen and oxygen atoms in total. The number of hydrogen-bond acceptors (Lipinski definition) is 7. The predicted molar refractivity (Wildman–Crippen MR) is 121 cm³/mol. The molecule has 0 unspecified atom stereocenters. The van der Waals surface area contributed by atoms with E-state index in [-0.39, 0.29) is 33.8 Å². The van der Waals surface area contributed by atoms with E-state index in [2.05, 4.69) is 20.1 Å². The summed E-state index contributed by atoms with van der Waals surface area (Å²) in [5, 5.41) is 3.63. The van der Waals surface area contributed by atoms with E-state index in [1.54, 1.807) is 0 Å². The molecule has 38 heavy (non-hydrogen) atoms. The summed E-state index contributed by atoms with van der Waals surface area (Å²) < 4.78 is 89.0. The Labute approximate surface area is 207 Å². The Morgan fingerprint density at radius 3 is 2.66 bits per heavy atom. The number of aryl methyl sites for hydroxylation is 1. The molecule has 5 rings (SSSR count). The Balaban J connectivity index is 1.44. The summed E-state index contributed by atoms with van der Waals surface area (Å²) in [7, 11) is 0. The van der Waals surface area contributed by atoms with Gasteiger partial charge in [-0.05, 0) is 13.0 Å². The first kappa shape index (κ1) is 25.3. The highest BCUT2D eigenvalue weighted by molar-refractivity contribution is 5.80. The summed E-state index contributed by atoms with van der Waals surface area (Å²) in [6, 6.07) is 3.03. The van der Waals surface area contributed by atoms with E-state index in [1.807, 2.05) is 4.98 Å². The highest BCUT2D eigenvalue weighted by atomic mass is 19.4. The van der Waals surface area contributed by atoms with Crippen LogP contribution >= 0.6 is 0 Å². The highest BCUT2D eigenvalue weighted by Gasteiger charge is 2.51. The molecule has 4 aromatic rings. The number of aromatic nitrogens is 6. The molecule has 0 aliphatic carbocycles. The quantitative estimate of drug-likeness (QED) is 0.373. The molecule has 16 heteroatoms. The second-order valence-electron chi connectivity index (χ2n) is 8.65. The summed E-state index contributed by atoms with van der Waals surface area (Å²) in [6.07, 6.45) is -4.34. The number of hydrogen-bond donors (Lipinski definition) is 2. The third-order valence-corrected chi connectivity index (χ3v) is 5.80. The second kappa shape index (κ2) is 8.88. The lowest BCUT2D eigenvalue weighted by Gasteiger charge is -2.19. The van der Waals surface area contributed by atoms with Crippen molar-refractivity contribution in [3.63, 3.8) is 0 Å². The normalized spacial score (nSPS) is 17.3. The van der Waals surface area contributed by atoms with E-state index in [1.165, 1.54) is 13.0 Å². The van der Waals surface area contributed by atoms with Gasteiger partial charge in [-0.1, -0.05) is 0 Å². The van der Waals surface area contributed by atoms with Crippen LogP contribution in [-0.4, -0.2) is 61.0 Å². The molecule has 0 radical (unpaired) electrons. The molecule has 3 aromatic heterocycles. The van der Waals surface area contributed by atoms with E-state index in [9.17, 15) is 35.9 Å². The number of anilines is 1. The first-order valence-corrected chi connectivity index (χ1v) is 11.0. The molecule has 1 aliphatic heterocycles. The maximum absolute atomic E-state index is 15.0. The van der Waals surface area contributed by atoms with Crippen molar-refractivity contribution in [1.82, 2.24) is 29.7 Å². The summed E-state index contributed by atoms with van der Waals surface area (Å²) in [4.78, 5) is 37.2. The Hall–Kier alpha value is -4.37. The number of nitrogens with one attached hydrogen (secondary N) is 2. The van der Waals surface area contributed by atoms with E-state index in [0.29, 0.717) is 4.68 Å². The minimum atomic E-state index is -4.61. The van der Waals surface area contributed by atoms with E-state index < -0.39 is 60.7 Å².